The molecule has 3 aromatic rings. The van der Waals surface area contributed by atoms with Crippen LogP contribution in [0.3, 0.4) is 0 Å². The molecular formula is C10H6O2. The topological polar surface area (TPSA) is 26.3 Å². The van der Waals surface area contributed by atoms with E-state index in [1.54, 1.807) is 12.5 Å². The third-order valence-electron chi connectivity index (χ3n) is 2.03. The molecule has 3 rings (SSSR count). The van der Waals surface area contributed by atoms with Gasteiger partial charge < -0.3 is 8.83 Å². The maximum absolute atomic E-state index is 5.25. The largest absolute Gasteiger partial charge is 0.464 e. The summed E-state index contributed by atoms with van der Waals surface area (Å²) < 4.78 is 10.5. The molecule has 0 saturated carbocycles. The monoisotopic (exact) mass is 158 g/mol. The van der Waals surface area contributed by atoms with E-state index in [9.17, 15) is 0 Å². The maximum Gasteiger partial charge on any atom is 0.134 e. The van der Waals surface area contributed by atoms with E-state index in [1.165, 1.54) is 0 Å². The standard InChI is InChI=1S/C10H6O2/c1-3-11-9-6-8-2-4-12-10(8)5-7(1)9/h1-6H. The van der Waals surface area contributed by atoms with Gasteiger partial charge in [0, 0.05) is 10.8 Å². The first kappa shape index (κ1) is 5.89. The van der Waals surface area contributed by atoms with Gasteiger partial charge in [-0.1, -0.05) is 0 Å². The summed E-state index contributed by atoms with van der Waals surface area (Å²) in [5.74, 6) is 0. The molecule has 2 aromatic heterocycles. The van der Waals surface area contributed by atoms with Crippen molar-refractivity contribution in [1.29, 1.82) is 0 Å². The van der Waals surface area contributed by atoms with Crippen LogP contribution in [-0.2, 0) is 0 Å². The molecule has 0 aliphatic carbocycles. The van der Waals surface area contributed by atoms with Gasteiger partial charge in [-0.3, -0.25) is 0 Å². The van der Waals surface area contributed by atoms with Crippen LogP contribution in [0, 0.1) is 0 Å². The summed E-state index contributed by atoms with van der Waals surface area (Å²) in [6, 6.07) is 7.82. The summed E-state index contributed by atoms with van der Waals surface area (Å²) in [4.78, 5) is 0. The summed E-state index contributed by atoms with van der Waals surface area (Å²) in [5, 5.41) is 2.16. The van der Waals surface area contributed by atoms with Gasteiger partial charge in [0.05, 0.1) is 12.5 Å². The first-order valence-electron chi connectivity index (χ1n) is 3.78. The molecule has 2 nitrogen and oxygen atoms in total. The molecule has 0 fully saturated rings. The van der Waals surface area contributed by atoms with Crippen LogP contribution < -0.4 is 0 Å². The van der Waals surface area contributed by atoms with E-state index in [-0.39, 0.29) is 0 Å². The minimum Gasteiger partial charge on any atom is -0.464 e. The first-order valence-corrected chi connectivity index (χ1v) is 3.78. The van der Waals surface area contributed by atoms with Crippen molar-refractivity contribution in [3.8, 4) is 0 Å². The summed E-state index contributed by atoms with van der Waals surface area (Å²) in [6.45, 7) is 0. The molecule has 2 heteroatoms. The van der Waals surface area contributed by atoms with Crippen molar-refractivity contribution in [2.24, 2.45) is 0 Å². The van der Waals surface area contributed by atoms with Crippen LogP contribution in [0.25, 0.3) is 21.9 Å². The van der Waals surface area contributed by atoms with E-state index < -0.39 is 0 Å². The molecular weight excluding hydrogens is 152 g/mol. The van der Waals surface area contributed by atoms with E-state index in [0.29, 0.717) is 0 Å². The zero-order valence-electron chi connectivity index (χ0n) is 6.28. The van der Waals surface area contributed by atoms with Crippen molar-refractivity contribution < 1.29 is 8.83 Å². The second-order valence-corrected chi connectivity index (χ2v) is 2.77. The van der Waals surface area contributed by atoms with Crippen LogP contribution in [0.2, 0.25) is 0 Å². The number of hydrogen-bond donors (Lipinski definition) is 0. The quantitative estimate of drug-likeness (QED) is 0.502. The van der Waals surface area contributed by atoms with Crippen molar-refractivity contribution >= 4 is 21.9 Å². The predicted molar refractivity (Wildman–Crippen MR) is 46.0 cm³/mol. The fraction of sp³-hybridized carbons (Fsp3) is 0. The predicted octanol–water partition coefficient (Wildman–Crippen LogP) is 3.18. The fourth-order valence-electron chi connectivity index (χ4n) is 1.42. The Morgan fingerprint density at radius 3 is 1.75 bits per heavy atom. The highest BCUT2D eigenvalue weighted by Crippen LogP contribution is 2.23. The Morgan fingerprint density at radius 1 is 0.750 bits per heavy atom. The van der Waals surface area contributed by atoms with Gasteiger partial charge in [0.25, 0.3) is 0 Å². The zero-order chi connectivity index (χ0) is 7.97. The molecule has 0 unspecified atom stereocenters. The lowest BCUT2D eigenvalue weighted by Crippen LogP contribution is -1.63. The molecule has 2 heterocycles. The molecule has 1 aromatic carbocycles. The van der Waals surface area contributed by atoms with Gasteiger partial charge in [0.1, 0.15) is 11.2 Å². The lowest BCUT2D eigenvalue weighted by atomic mass is 10.2. The van der Waals surface area contributed by atoms with Crippen LogP contribution in [0.15, 0.2) is 45.6 Å². The third-order valence-corrected chi connectivity index (χ3v) is 2.03. The van der Waals surface area contributed by atoms with Crippen LogP contribution in [0.5, 0.6) is 0 Å². The molecule has 58 valence electrons. The first-order chi connectivity index (χ1) is 5.93. The van der Waals surface area contributed by atoms with E-state index in [4.69, 9.17) is 8.83 Å². The second kappa shape index (κ2) is 1.91. The van der Waals surface area contributed by atoms with Crippen LogP contribution in [0.4, 0.5) is 0 Å². The fourth-order valence-corrected chi connectivity index (χ4v) is 1.42. The third kappa shape index (κ3) is 0.639. The van der Waals surface area contributed by atoms with E-state index >= 15 is 0 Å². The van der Waals surface area contributed by atoms with Crippen LogP contribution in [0.1, 0.15) is 0 Å². The highest BCUT2D eigenvalue weighted by atomic mass is 16.3. The number of rotatable bonds is 0. The Balaban J connectivity index is 2.62. The Morgan fingerprint density at radius 2 is 1.25 bits per heavy atom. The van der Waals surface area contributed by atoms with Crippen LogP contribution >= 0.6 is 0 Å². The summed E-state index contributed by atoms with van der Waals surface area (Å²) in [6.07, 6.45) is 3.37. The van der Waals surface area contributed by atoms with Crippen molar-refractivity contribution in [3.63, 3.8) is 0 Å². The summed E-state index contributed by atoms with van der Waals surface area (Å²) in [5.41, 5.74) is 1.81. The molecule has 0 aliphatic rings. The normalized spacial score (nSPS) is 11.3. The van der Waals surface area contributed by atoms with Gasteiger partial charge in [-0.25, -0.2) is 0 Å². The average Bonchev–Trinajstić information content (AvgIpc) is 2.64. The van der Waals surface area contributed by atoms with E-state index in [1.807, 2.05) is 24.3 Å². The number of hydrogen-bond acceptors (Lipinski definition) is 2. The summed E-state index contributed by atoms with van der Waals surface area (Å²) >= 11 is 0. The van der Waals surface area contributed by atoms with Gasteiger partial charge >= 0.3 is 0 Å². The molecule has 0 radical (unpaired) electrons. The van der Waals surface area contributed by atoms with Crippen molar-refractivity contribution in [2.75, 3.05) is 0 Å². The van der Waals surface area contributed by atoms with Gasteiger partial charge in [-0.15, -0.1) is 0 Å². The summed E-state index contributed by atoms with van der Waals surface area (Å²) in [7, 11) is 0. The Bertz CT molecular complexity index is 440. The number of fused-ring (bicyclic) bond motifs is 2. The van der Waals surface area contributed by atoms with E-state index in [0.717, 1.165) is 21.9 Å². The second-order valence-electron chi connectivity index (χ2n) is 2.77. The van der Waals surface area contributed by atoms with Crippen molar-refractivity contribution in [2.45, 2.75) is 0 Å². The minimum absolute atomic E-state index is 0.906. The molecule has 0 saturated heterocycles. The number of furan rings is 2. The lowest BCUT2D eigenvalue weighted by molar-refractivity contribution is 0.612. The molecule has 0 atom stereocenters. The molecule has 0 spiro atoms. The van der Waals surface area contributed by atoms with Gasteiger partial charge in [-0.05, 0) is 24.3 Å². The van der Waals surface area contributed by atoms with Crippen molar-refractivity contribution in [3.05, 3.63) is 36.8 Å². The van der Waals surface area contributed by atoms with Gasteiger partial charge in [0.2, 0.25) is 0 Å². The highest BCUT2D eigenvalue weighted by Gasteiger charge is 2.01. The molecule has 0 bridgehead atoms. The minimum atomic E-state index is 0.906. The Hall–Kier alpha value is -1.70. The van der Waals surface area contributed by atoms with Gasteiger partial charge in [0.15, 0.2) is 0 Å². The lowest BCUT2D eigenvalue weighted by Gasteiger charge is -1.87. The Labute approximate surface area is 68.4 Å². The van der Waals surface area contributed by atoms with E-state index in [2.05, 4.69) is 0 Å². The Kier molecular flexibility index (Phi) is 0.939. The molecule has 0 aliphatic heterocycles. The molecule has 12 heavy (non-hydrogen) atoms. The number of benzene rings is 1. The molecule has 0 amide bonds. The van der Waals surface area contributed by atoms with Crippen molar-refractivity contribution in [1.82, 2.24) is 0 Å². The van der Waals surface area contributed by atoms with Crippen LogP contribution in [-0.4, -0.2) is 0 Å². The SMILES string of the molecule is c1cc2cc3occc3cc2o1. The smallest absolute Gasteiger partial charge is 0.134 e. The average molecular weight is 158 g/mol. The maximum atomic E-state index is 5.25. The van der Waals surface area contributed by atoms with Gasteiger partial charge in [-0.2, -0.15) is 0 Å². The molecule has 0 N–H and O–H groups in total. The zero-order valence-corrected chi connectivity index (χ0v) is 6.28. The highest BCUT2D eigenvalue weighted by molar-refractivity contribution is 5.92.